The molecule has 3 N–H and O–H groups in total. The van der Waals surface area contributed by atoms with E-state index in [1.165, 1.54) is 0 Å². The van der Waals surface area contributed by atoms with Crippen molar-refractivity contribution in [1.29, 1.82) is 0 Å². The van der Waals surface area contributed by atoms with Crippen LogP contribution in [0.2, 0.25) is 0 Å². The highest BCUT2D eigenvalue weighted by molar-refractivity contribution is 7.55. The maximum atomic E-state index is 12.7. The zero-order chi connectivity index (χ0) is 21.7. The molecule has 162 valence electrons. The minimum atomic E-state index is -3.38. The summed E-state index contributed by atoms with van der Waals surface area (Å²) in [7, 11) is -3.38. The number of anilines is 2. The molecule has 0 atom stereocenters. The number of hydrogen-bond donors (Lipinski definition) is 2. The number of aromatic nitrogens is 1. The molecule has 3 aromatic rings. The van der Waals surface area contributed by atoms with Gasteiger partial charge in [-0.3, -0.25) is 14.1 Å². The van der Waals surface area contributed by atoms with E-state index in [0.29, 0.717) is 25.5 Å². The minimum Gasteiger partial charge on any atom is -0.494 e. The van der Waals surface area contributed by atoms with Gasteiger partial charge in [0.2, 0.25) is 0 Å². The van der Waals surface area contributed by atoms with E-state index in [2.05, 4.69) is 16.6 Å². The third kappa shape index (κ3) is 4.48. The maximum Gasteiger partial charge on any atom is 0.432 e. The van der Waals surface area contributed by atoms with Gasteiger partial charge in [0.15, 0.2) is 0 Å². The molecule has 1 aromatic heterocycles. The van der Waals surface area contributed by atoms with Crippen LogP contribution in [0.25, 0.3) is 22.2 Å². The molecule has 30 heavy (non-hydrogen) atoms. The highest BCUT2D eigenvalue weighted by Crippen LogP contribution is 2.48. The molecule has 0 spiro atoms. The first kappa shape index (κ1) is 22.2. The summed E-state index contributed by atoms with van der Waals surface area (Å²) in [4.78, 5) is 0. The van der Waals surface area contributed by atoms with Gasteiger partial charge in [-0.25, -0.2) is 4.57 Å². The smallest absolute Gasteiger partial charge is 0.432 e. The predicted octanol–water partition coefficient (Wildman–Crippen LogP) is 5.90. The van der Waals surface area contributed by atoms with Gasteiger partial charge in [-0.2, -0.15) is 0 Å². The second-order valence-corrected chi connectivity index (χ2v) is 8.38. The number of rotatable bonds is 10. The van der Waals surface area contributed by atoms with Crippen molar-refractivity contribution in [1.82, 2.24) is 4.57 Å². The molecule has 0 aliphatic rings. The van der Waals surface area contributed by atoms with Crippen LogP contribution < -0.4 is 15.6 Å². The van der Waals surface area contributed by atoms with Gasteiger partial charge in [-0.05, 0) is 52.0 Å². The molecule has 8 heteroatoms. The number of aryl methyl sites for hydroxylation is 1. The Kier molecular flexibility index (Phi) is 7.08. The van der Waals surface area contributed by atoms with Crippen LogP contribution in [0.1, 0.15) is 27.7 Å². The first-order valence-electron chi connectivity index (χ1n) is 10.3. The highest BCUT2D eigenvalue weighted by Gasteiger charge is 2.24. The van der Waals surface area contributed by atoms with Crippen molar-refractivity contribution >= 4 is 30.0 Å². The van der Waals surface area contributed by atoms with Crippen LogP contribution in [0, 0.1) is 0 Å². The van der Waals surface area contributed by atoms with Crippen LogP contribution in [0.3, 0.4) is 0 Å². The van der Waals surface area contributed by atoms with Crippen molar-refractivity contribution in [2.45, 2.75) is 34.2 Å². The normalized spacial score (nSPS) is 11.7. The molecule has 7 nitrogen and oxygen atoms in total. The molecule has 0 unspecified atom stereocenters. The SMILES string of the molecule is CCOc1ccc2c(N)c(-c3ccc(NP(=O)(OCC)OCC)cc3)n(CC)c2c1. The number of ether oxygens (including phenoxy) is 1. The van der Waals surface area contributed by atoms with E-state index in [9.17, 15) is 4.57 Å². The molecule has 0 aliphatic heterocycles. The Balaban J connectivity index is 1.98. The first-order valence-corrected chi connectivity index (χ1v) is 11.8. The number of benzene rings is 2. The number of nitrogens with zero attached hydrogens (tertiary/aromatic N) is 1. The molecule has 0 saturated carbocycles. The summed E-state index contributed by atoms with van der Waals surface area (Å²) in [5.74, 6) is 0.825. The lowest BCUT2D eigenvalue weighted by Gasteiger charge is -2.19. The summed E-state index contributed by atoms with van der Waals surface area (Å²) in [6.45, 7) is 9.57. The summed E-state index contributed by atoms with van der Waals surface area (Å²) >= 11 is 0. The maximum absolute atomic E-state index is 12.7. The molecule has 3 rings (SSSR count). The molecular weight excluding hydrogens is 401 g/mol. The van der Waals surface area contributed by atoms with Crippen LogP contribution >= 0.6 is 7.75 Å². The van der Waals surface area contributed by atoms with Crippen molar-refractivity contribution in [2.75, 3.05) is 30.6 Å². The Bertz CT molecular complexity index is 1040. The van der Waals surface area contributed by atoms with Gasteiger partial charge < -0.3 is 15.0 Å². The number of nitrogen functional groups attached to an aromatic ring is 1. The lowest BCUT2D eigenvalue weighted by molar-refractivity contribution is 0.225. The molecule has 0 amide bonds. The number of nitrogens with one attached hydrogen (secondary N) is 1. The van der Waals surface area contributed by atoms with Gasteiger partial charge in [0.25, 0.3) is 0 Å². The van der Waals surface area contributed by atoms with E-state index in [-0.39, 0.29) is 0 Å². The van der Waals surface area contributed by atoms with Crippen LogP contribution in [-0.4, -0.2) is 24.4 Å². The van der Waals surface area contributed by atoms with Crippen molar-refractivity contribution in [2.24, 2.45) is 0 Å². The average Bonchev–Trinajstić information content (AvgIpc) is 3.00. The molecule has 0 radical (unpaired) electrons. The molecule has 0 bridgehead atoms. The summed E-state index contributed by atoms with van der Waals surface area (Å²) in [6, 6.07) is 13.6. The standard InChI is InChI=1S/C22H30N3O4P/c1-5-25-20-15-18(27-6-2)13-14-19(20)21(23)22(25)16-9-11-17(12-10-16)24-30(26,28-7-3)29-8-4/h9-15H,5-8,23H2,1-4H3,(H,24,26). The van der Waals surface area contributed by atoms with Crippen molar-refractivity contribution in [3.05, 3.63) is 42.5 Å². The Morgan fingerprint density at radius 2 is 1.63 bits per heavy atom. The van der Waals surface area contributed by atoms with E-state index in [4.69, 9.17) is 19.5 Å². The Morgan fingerprint density at radius 1 is 0.967 bits per heavy atom. The van der Waals surface area contributed by atoms with E-state index in [1.807, 2.05) is 49.4 Å². The fourth-order valence-corrected chi connectivity index (χ4v) is 4.90. The Morgan fingerprint density at radius 3 is 2.20 bits per heavy atom. The van der Waals surface area contributed by atoms with Gasteiger partial charge in [-0.1, -0.05) is 12.1 Å². The van der Waals surface area contributed by atoms with Gasteiger partial charge in [0, 0.05) is 29.2 Å². The van der Waals surface area contributed by atoms with Gasteiger partial charge >= 0.3 is 7.75 Å². The van der Waals surface area contributed by atoms with Crippen LogP contribution in [-0.2, 0) is 20.2 Å². The highest BCUT2D eigenvalue weighted by atomic mass is 31.2. The topological polar surface area (TPSA) is 87.7 Å². The van der Waals surface area contributed by atoms with Gasteiger partial charge in [0.1, 0.15) is 5.75 Å². The monoisotopic (exact) mass is 431 g/mol. The van der Waals surface area contributed by atoms with Crippen LogP contribution in [0.15, 0.2) is 42.5 Å². The number of nitrogens with two attached hydrogens (primary N) is 1. The van der Waals surface area contributed by atoms with E-state index < -0.39 is 7.75 Å². The fraction of sp³-hybridized carbons (Fsp3) is 0.364. The van der Waals surface area contributed by atoms with Gasteiger partial charge in [0.05, 0.1) is 36.7 Å². The Hall–Kier alpha value is -2.47. The quantitative estimate of drug-likeness (QED) is 0.389. The zero-order valence-corrected chi connectivity index (χ0v) is 18.9. The summed E-state index contributed by atoms with van der Waals surface area (Å²) in [5, 5.41) is 3.88. The van der Waals surface area contributed by atoms with Crippen LogP contribution in [0.4, 0.5) is 11.4 Å². The number of hydrogen-bond acceptors (Lipinski definition) is 5. The second-order valence-electron chi connectivity index (χ2n) is 6.64. The summed E-state index contributed by atoms with van der Waals surface area (Å²) in [6.07, 6.45) is 0. The molecular formula is C22H30N3O4P. The zero-order valence-electron chi connectivity index (χ0n) is 18.0. The van der Waals surface area contributed by atoms with E-state index in [0.717, 1.165) is 40.1 Å². The van der Waals surface area contributed by atoms with Crippen molar-refractivity contribution < 1.29 is 18.3 Å². The molecule has 1 heterocycles. The predicted molar refractivity (Wildman–Crippen MR) is 123 cm³/mol. The second kappa shape index (κ2) is 9.56. The van der Waals surface area contributed by atoms with Crippen LogP contribution in [0.5, 0.6) is 5.75 Å². The Labute approximate surface area is 177 Å². The third-order valence-electron chi connectivity index (χ3n) is 4.72. The summed E-state index contributed by atoms with van der Waals surface area (Å²) < 4.78 is 31.1. The lowest BCUT2D eigenvalue weighted by atomic mass is 10.1. The van der Waals surface area contributed by atoms with Crippen molar-refractivity contribution in [3.63, 3.8) is 0 Å². The largest absolute Gasteiger partial charge is 0.494 e. The number of fused-ring (bicyclic) bond motifs is 1. The average molecular weight is 431 g/mol. The minimum absolute atomic E-state index is 0.291. The van der Waals surface area contributed by atoms with Gasteiger partial charge in [-0.15, -0.1) is 0 Å². The molecule has 0 aliphatic carbocycles. The van der Waals surface area contributed by atoms with E-state index >= 15 is 0 Å². The summed E-state index contributed by atoms with van der Waals surface area (Å²) in [5.41, 5.74) is 10.9. The third-order valence-corrected chi connectivity index (χ3v) is 6.45. The first-order chi connectivity index (χ1) is 14.5. The van der Waals surface area contributed by atoms with E-state index in [1.54, 1.807) is 13.8 Å². The molecule has 2 aromatic carbocycles. The molecule has 0 fully saturated rings. The molecule has 0 saturated heterocycles. The fourth-order valence-electron chi connectivity index (χ4n) is 3.55. The lowest BCUT2D eigenvalue weighted by Crippen LogP contribution is -2.05. The van der Waals surface area contributed by atoms with Crippen molar-refractivity contribution in [3.8, 4) is 17.0 Å².